The van der Waals surface area contributed by atoms with E-state index in [1.165, 1.54) is 0 Å². The summed E-state index contributed by atoms with van der Waals surface area (Å²) in [6, 6.07) is 7.84. The highest BCUT2D eigenvalue weighted by Crippen LogP contribution is 2.25. The Balaban J connectivity index is 1.41. The maximum atomic E-state index is 11.5. The van der Waals surface area contributed by atoms with Gasteiger partial charge in [0.05, 0.1) is 19.7 Å². The number of furan rings is 1. The number of piperazine rings is 1. The molecule has 1 unspecified atom stereocenters. The van der Waals surface area contributed by atoms with Crippen molar-refractivity contribution in [3.63, 3.8) is 0 Å². The molecule has 2 aromatic heterocycles. The smallest absolute Gasteiger partial charge is 0.410 e. The summed E-state index contributed by atoms with van der Waals surface area (Å²) in [6.07, 6.45) is 1.55. The summed E-state index contributed by atoms with van der Waals surface area (Å²) in [6.45, 7) is 3.55. The molecule has 1 atom stereocenters. The van der Waals surface area contributed by atoms with Crippen LogP contribution in [0.1, 0.15) is 5.76 Å². The molecule has 2 aliphatic heterocycles. The number of aromatic nitrogens is 1. The second kappa shape index (κ2) is 6.16. The summed E-state index contributed by atoms with van der Waals surface area (Å²) in [4.78, 5) is 19.8. The van der Waals surface area contributed by atoms with Gasteiger partial charge in [0, 0.05) is 37.5 Å². The molecule has 1 amide bonds. The molecule has 0 radical (unpaired) electrons. The van der Waals surface area contributed by atoms with Crippen LogP contribution in [0, 0.1) is 0 Å². The Morgan fingerprint density at radius 1 is 1.29 bits per heavy atom. The lowest BCUT2D eigenvalue weighted by molar-refractivity contribution is 0.111. The number of nitrogens with zero attached hydrogens (tertiary/aromatic N) is 3. The summed E-state index contributed by atoms with van der Waals surface area (Å²) in [7, 11) is 1.59. The predicted molar refractivity (Wildman–Crippen MR) is 85.6 cm³/mol. The first-order valence-electron chi connectivity index (χ1n) is 7.98. The minimum absolute atomic E-state index is 0.159. The molecule has 126 valence electrons. The van der Waals surface area contributed by atoms with E-state index in [0.29, 0.717) is 19.0 Å². The topological polar surface area (TPSA) is 68.0 Å². The Morgan fingerprint density at radius 3 is 3.00 bits per heavy atom. The molecule has 0 aliphatic carbocycles. The number of carbonyl (C=O) groups excluding carboxylic acids is 1. The second-order valence-electron chi connectivity index (χ2n) is 6.01. The van der Waals surface area contributed by atoms with E-state index in [4.69, 9.17) is 13.9 Å². The van der Waals surface area contributed by atoms with Crippen molar-refractivity contribution in [2.75, 3.05) is 33.4 Å². The van der Waals surface area contributed by atoms with Gasteiger partial charge in [-0.2, -0.15) is 0 Å². The number of carbonyl (C=O) groups is 1. The highest BCUT2D eigenvalue weighted by molar-refractivity contribution is 5.70. The fraction of sp³-hybridized carbons (Fsp3) is 0.412. The first-order valence-corrected chi connectivity index (χ1v) is 7.98. The number of cyclic esters (lactones) is 1. The number of methoxy groups -OCH3 is 1. The lowest BCUT2D eigenvalue weighted by Gasteiger charge is -2.34. The molecule has 0 saturated carbocycles. The van der Waals surface area contributed by atoms with Crippen LogP contribution in [0.3, 0.4) is 0 Å². The monoisotopic (exact) mass is 329 g/mol. The van der Waals surface area contributed by atoms with Gasteiger partial charge in [-0.05, 0) is 18.2 Å². The van der Waals surface area contributed by atoms with Crippen molar-refractivity contribution in [3.05, 3.63) is 36.2 Å². The number of fused-ring (bicyclic) bond motifs is 1. The third kappa shape index (κ3) is 2.82. The number of hydrogen-bond donors (Lipinski definition) is 0. The summed E-state index contributed by atoms with van der Waals surface area (Å²) in [5, 5.41) is 0. The van der Waals surface area contributed by atoms with Crippen molar-refractivity contribution in [2.45, 2.75) is 12.6 Å². The average molecular weight is 329 g/mol. The summed E-state index contributed by atoms with van der Waals surface area (Å²) >= 11 is 0. The standard InChI is InChI=1S/C17H19N3O4/c1-22-16-5-2-12(8-18-16)15-4-3-14(24-15)10-19-6-7-20-13(9-19)11-23-17(20)21/h2-5,8,13H,6-7,9-11H2,1H3. The van der Waals surface area contributed by atoms with Crippen molar-refractivity contribution in [1.29, 1.82) is 0 Å². The number of hydrogen-bond acceptors (Lipinski definition) is 6. The van der Waals surface area contributed by atoms with Crippen molar-refractivity contribution >= 4 is 6.09 Å². The minimum atomic E-state index is -0.188. The van der Waals surface area contributed by atoms with Crippen molar-refractivity contribution < 1.29 is 18.7 Å². The van der Waals surface area contributed by atoms with Gasteiger partial charge in [-0.25, -0.2) is 9.78 Å². The zero-order valence-corrected chi connectivity index (χ0v) is 13.5. The Morgan fingerprint density at radius 2 is 2.21 bits per heavy atom. The van der Waals surface area contributed by atoms with Crippen LogP contribution in [0.15, 0.2) is 34.9 Å². The zero-order chi connectivity index (χ0) is 16.5. The van der Waals surface area contributed by atoms with Crippen LogP contribution in [-0.4, -0.2) is 60.3 Å². The van der Waals surface area contributed by atoms with E-state index in [9.17, 15) is 4.79 Å². The molecule has 0 bridgehead atoms. The van der Waals surface area contributed by atoms with Gasteiger partial charge in [0.1, 0.15) is 18.1 Å². The van der Waals surface area contributed by atoms with Gasteiger partial charge in [0.2, 0.25) is 5.88 Å². The minimum Gasteiger partial charge on any atom is -0.481 e. The normalized spacial score (nSPS) is 20.8. The molecule has 2 fully saturated rings. The lowest BCUT2D eigenvalue weighted by Crippen LogP contribution is -2.51. The van der Waals surface area contributed by atoms with E-state index in [1.54, 1.807) is 13.3 Å². The van der Waals surface area contributed by atoms with Crippen molar-refractivity contribution in [1.82, 2.24) is 14.8 Å². The van der Waals surface area contributed by atoms with Crippen LogP contribution in [0.25, 0.3) is 11.3 Å². The van der Waals surface area contributed by atoms with Gasteiger partial charge in [0.25, 0.3) is 0 Å². The third-order valence-electron chi connectivity index (χ3n) is 4.47. The van der Waals surface area contributed by atoms with Gasteiger partial charge in [0.15, 0.2) is 0 Å². The van der Waals surface area contributed by atoms with Crippen molar-refractivity contribution in [2.24, 2.45) is 0 Å². The van der Waals surface area contributed by atoms with Crippen LogP contribution in [0.4, 0.5) is 4.79 Å². The van der Waals surface area contributed by atoms with Crippen LogP contribution in [0.2, 0.25) is 0 Å². The molecule has 2 saturated heterocycles. The number of amides is 1. The molecule has 0 N–H and O–H groups in total. The summed E-state index contributed by atoms with van der Waals surface area (Å²) in [5.41, 5.74) is 0.918. The maximum Gasteiger partial charge on any atom is 0.410 e. The fourth-order valence-electron chi connectivity index (χ4n) is 3.18. The first-order chi connectivity index (χ1) is 11.7. The molecule has 24 heavy (non-hydrogen) atoms. The number of ether oxygens (including phenoxy) is 2. The molecule has 4 rings (SSSR count). The van der Waals surface area contributed by atoms with E-state index in [1.807, 2.05) is 29.2 Å². The molecule has 7 nitrogen and oxygen atoms in total. The Bertz CT molecular complexity index is 728. The molecular weight excluding hydrogens is 310 g/mol. The molecule has 4 heterocycles. The largest absolute Gasteiger partial charge is 0.481 e. The van der Waals surface area contributed by atoms with Crippen molar-refractivity contribution in [3.8, 4) is 17.2 Å². The van der Waals surface area contributed by atoms with Gasteiger partial charge in [-0.15, -0.1) is 0 Å². The second-order valence-corrected chi connectivity index (χ2v) is 6.01. The highest BCUT2D eigenvalue weighted by Gasteiger charge is 2.37. The number of pyridine rings is 1. The van der Waals surface area contributed by atoms with E-state index in [-0.39, 0.29) is 12.1 Å². The Hall–Kier alpha value is -2.54. The van der Waals surface area contributed by atoms with E-state index in [0.717, 1.165) is 36.7 Å². The average Bonchev–Trinajstić information content (AvgIpc) is 3.22. The van der Waals surface area contributed by atoms with Gasteiger partial charge >= 0.3 is 6.09 Å². The third-order valence-corrected chi connectivity index (χ3v) is 4.47. The van der Waals surface area contributed by atoms with Crippen LogP contribution < -0.4 is 4.74 Å². The van der Waals surface area contributed by atoms with Crippen LogP contribution >= 0.6 is 0 Å². The molecule has 2 aromatic rings. The summed E-state index contributed by atoms with van der Waals surface area (Å²) < 4.78 is 16.1. The van der Waals surface area contributed by atoms with Crippen LogP contribution in [-0.2, 0) is 11.3 Å². The maximum absolute atomic E-state index is 11.5. The molecule has 7 heteroatoms. The van der Waals surface area contributed by atoms with Gasteiger partial charge in [-0.3, -0.25) is 9.80 Å². The van der Waals surface area contributed by atoms with E-state index >= 15 is 0 Å². The molecular formula is C17H19N3O4. The van der Waals surface area contributed by atoms with Gasteiger partial charge < -0.3 is 13.9 Å². The predicted octanol–water partition coefficient (Wildman–Crippen LogP) is 1.99. The molecule has 2 aliphatic rings. The molecule has 0 aromatic carbocycles. The summed E-state index contributed by atoms with van der Waals surface area (Å²) in [5.74, 6) is 2.27. The lowest BCUT2D eigenvalue weighted by atomic mass is 10.2. The SMILES string of the molecule is COc1ccc(-c2ccc(CN3CCN4C(=O)OCC4C3)o2)cn1. The Labute approximate surface area is 139 Å². The quantitative estimate of drug-likeness (QED) is 0.854. The first kappa shape index (κ1) is 15.0. The number of rotatable bonds is 4. The fourth-order valence-corrected chi connectivity index (χ4v) is 3.18. The van der Waals surface area contributed by atoms with E-state index < -0.39 is 0 Å². The van der Waals surface area contributed by atoms with Crippen LogP contribution in [0.5, 0.6) is 5.88 Å². The van der Waals surface area contributed by atoms with Gasteiger partial charge in [-0.1, -0.05) is 0 Å². The highest BCUT2D eigenvalue weighted by atomic mass is 16.6. The zero-order valence-electron chi connectivity index (χ0n) is 13.5. The molecule has 0 spiro atoms. The van der Waals surface area contributed by atoms with E-state index in [2.05, 4.69) is 9.88 Å². The Kier molecular flexibility index (Phi) is 3.86.